The molecular weight excluding hydrogens is 416 g/mol. The van der Waals surface area contributed by atoms with Crippen LogP contribution >= 0.6 is 0 Å². The molecule has 6 aliphatic rings. The lowest BCUT2D eigenvalue weighted by molar-refractivity contribution is -0.117. The molecule has 3 heteroatoms. The summed E-state index contributed by atoms with van der Waals surface area (Å²) in [6.07, 6.45) is 32.9. The molecule has 0 aromatic heterocycles. The highest BCUT2D eigenvalue weighted by Gasteiger charge is 2.59. The third-order valence-corrected chi connectivity index (χ3v) is 9.54. The lowest BCUT2D eigenvalue weighted by atomic mass is 9.51. The lowest BCUT2D eigenvalue weighted by Crippen LogP contribution is -2.69. The van der Waals surface area contributed by atoms with Crippen LogP contribution in [0.4, 0.5) is 0 Å². The average Bonchev–Trinajstić information content (AvgIpc) is 2.83. The summed E-state index contributed by atoms with van der Waals surface area (Å²) in [5.41, 5.74) is 1.91. The zero-order valence-electron chi connectivity index (χ0n) is 21.4. The van der Waals surface area contributed by atoms with Crippen molar-refractivity contribution in [2.24, 2.45) is 17.3 Å². The van der Waals surface area contributed by atoms with Crippen molar-refractivity contribution in [3.8, 4) is 0 Å². The summed E-state index contributed by atoms with van der Waals surface area (Å²) in [6.45, 7) is 5.84. The Morgan fingerprint density at radius 3 is 2.53 bits per heavy atom. The highest BCUT2D eigenvalue weighted by Crippen LogP contribution is 2.57. The number of fused-ring (bicyclic) bond motifs is 1. The number of hydrogen-bond acceptors (Lipinski definition) is 3. The molecule has 0 aromatic rings. The van der Waals surface area contributed by atoms with Crippen molar-refractivity contribution in [1.82, 2.24) is 9.80 Å². The van der Waals surface area contributed by atoms with Crippen LogP contribution < -0.4 is 0 Å². The molecule has 2 fully saturated rings. The van der Waals surface area contributed by atoms with Gasteiger partial charge in [-0.15, -0.1) is 0 Å². The Morgan fingerprint density at radius 2 is 1.65 bits per heavy atom. The molecule has 0 amide bonds. The van der Waals surface area contributed by atoms with Gasteiger partial charge in [0.1, 0.15) is 0 Å². The Morgan fingerprint density at radius 1 is 0.853 bits per heavy atom. The van der Waals surface area contributed by atoms with E-state index in [1.54, 1.807) is 5.57 Å². The fraction of sp³-hybridized carbons (Fsp3) is 0.742. The maximum absolute atomic E-state index is 11.1. The van der Waals surface area contributed by atoms with Gasteiger partial charge in [-0.25, -0.2) is 0 Å². The molecule has 0 saturated carbocycles. The number of aliphatic hydroxyl groups excluding tert-OH is 1. The van der Waals surface area contributed by atoms with E-state index in [0.717, 1.165) is 25.4 Å². The SMILES string of the molecule is OC1C=CC=CCN2CC3C=C4CCCCCCCCCCC=CCCN5CCC3C(C1)(C5)C42. The Labute approximate surface area is 208 Å². The molecule has 7 atom stereocenters. The number of piperidine rings is 2. The van der Waals surface area contributed by atoms with Crippen molar-refractivity contribution in [3.05, 3.63) is 48.1 Å². The topological polar surface area (TPSA) is 26.7 Å². The first-order valence-electron chi connectivity index (χ1n) is 14.6. The minimum atomic E-state index is -0.339. The molecule has 188 valence electrons. The van der Waals surface area contributed by atoms with Crippen molar-refractivity contribution in [3.63, 3.8) is 0 Å². The second-order valence-corrected chi connectivity index (χ2v) is 11.9. The van der Waals surface area contributed by atoms with Gasteiger partial charge in [0.15, 0.2) is 0 Å². The molecule has 0 radical (unpaired) electrons. The predicted molar refractivity (Wildman–Crippen MR) is 143 cm³/mol. The Kier molecular flexibility index (Phi) is 8.45. The van der Waals surface area contributed by atoms with Crippen molar-refractivity contribution < 1.29 is 5.11 Å². The van der Waals surface area contributed by atoms with Crippen LogP contribution in [0.1, 0.15) is 83.5 Å². The van der Waals surface area contributed by atoms with Crippen LogP contribution in [0.2, 0.25) is 0 Å². The molecular formula is C31H48N2O. The van der Waals surface area contributed by atoms with E-state index in [1.165, 1.54) is 96.7 Å². The van der Waals surface area contributed by atoms with Gasteiger partial charge >= 0.3 is 0 Å². The zero-order chi connectivity index (χ0) is 23.2. The molecule has 5 aliphatic heterocycles. The number of rotatable bonds is 0. The molecule has 2 saturated heterocycles. The number of allylic oxidation sites excluding steroid dienone is 3. The molecule has 7 unspecified atom stereocenters. The maximum atomic E-state index is 11.1. The van der Waals surface area contributed by atoms with Crippen LogP contribution in [-0.2, 0) is 0 Å². The summed E-state index contributed by atoms with van der Waals surface area (Å²) in [7, 11) is 0. The quantitative estimate of drug-likeness (QED) is 0.428. The molecule has 5 heterocycles. The number of hydrogen-bond donors (Lipinski definition) is 1. The molecule has 3 nitrogen and oxygen atoms in total. The first kappa shape index (κ1) is 24.5. The minimum absolute atomic E-state index is 0.187. The van der Waals surface area contributed by atoms with Crippen LogP contribution in [0, 0.1) is 17.3 Å². The summed E-state index contributed by atoms with van der Waals surface area (Å²) in [4.78, 5) is 5.55. The van der Waals surface area contributed by atoms with Gasteiger partial charge < -0.3 is 10.0 Å². The maximum Gasteiger partial charge on any atom is 0.0730 e. The van der Waals surface area contributed by atoms with E-state index in [9.17, 15) is 5.11 Å². The van der Waals surface area contributed by atoms with E-state index in [1.807, 2.05) is 6.08 Å². The summed E-state index contributed by atoms with van der Waals surface area (Å²) >= 11 is 0. The number of nitrogens with zero attached hydrogens (tertiary/aromatic N) is 2. The van der Waals surface area contributed by atoms with Gasteiger partial charge in [-0.05, 0) is 63.3 Å². The molecule has 34 heavy (non-hydrogen) atoms. The van der Waals surface area contributed by atoms with Gasteiger partial charge in [0.2, 0.25) is 0 Å². The summed E-state index contributed by atoms with van der Waals surface area (Å²) < 4.78 is 0. The van der Waals surface area contributed by atoms with E-state index in [0.29, 0.717) is 12.0 Å². The first-order chi connectivity index (χ1) is 16.8. The normalized spacial score (nSPS) is 41.9. The third kappa shape index (κ3) is 5.47. The fourth-order valence-corrected chi connectivity index (χ4v) is 8.15. The monoisotopic (exact) mass is 464 g/mol. The van der Waals surface area contributed by atoms with E-state index in [-0.39, 0.29) is 11.5 Å². The minimum Gasteiger partial charge on any atom is -0.389 e. The predicted octanol–water partition coefficient (Wildman–Crippen LogP) is 6.27. The van der Waals surface area contributed by atoms with E-state index >= 15 is 0 Å². The second kappa shape index (κ2) is 11.7. The molecule has 6 bridgehead atoms. The Balaban J connectivity index is 1.42. The van der Waals surface area contributed by atoms with Crippen LogP contribution in [0.5, 0.6) is 0 Å². The van der Waals surface area contributed by atoms with Gasteiger partial charge in [0, 0.05) is 37.6 Å². The van der Waals surface area contributed by atoms with Crippen LogP contribution in [0.15, 0.2) is 48.1 Å². The fourth-order valence-electron chi connectivity index (χ4n) is 8.15. The largest absolute Gasteiger partial charge is 0.389 e. The molecule has 0 aromatic carbocycles. The molecule has 1 aliphatic carbocycles. The van der Waals surface area contributed by atoms with E-state index in [4.69, 9.17) is 0 Å². The standard InChI is InChI=1S/C31H48N2O/c34-28-17-13-11-15-20-33-24-27-22-26-16-12-9-7-5-3-1-2-4-6-8-10-14-19-32-21-18-29(27)31(23-28,25-32)30(26)33/h8,10-11,13,15,17,22,27-30,34H,1-7,9,12,14,16,18-21,23-25H2. The Hall–Kier alpha value is -1.16. The summed E-state index contributed by atoms with van der Waals surface area (Å²) in [6, 6.07) is 0.508. The average molecular weight is 465 g/mol. The van der Waals surface area contributed by atoms with Crippen LogP contribution in [-0.4, -0.2) is 59.8 Å². The first-order valence-corrected chi connectivity index (χ1v) is 14.6. The van der Waals surface area contributed by atoms with Gasteiger partial charge in [-0.3, -0.25) is 4.90 Å². The lowest BCUT2D eigenvalue weighted by Gasteiger charge is -2.64. The van der Waals surface area contributed by atoms with E-state index in [2.05, 4.69) is 46.3 Å². The molecule has 1 spiro atoms. The van der Waals surface area contributed by atoms with Crippen molar-refractivity contribution in [2.75, 3.05) is 32.7 Å². The van der Waals surface area contributed by atoms with E-state index < -0.39 is 0 Å². The summed E-state index contributed by atoms with van der Waals surface area (Å²) in [5, 5.41) is 11.1. The molecule has 1 N–H and O–H groups in total. The van der Waals surface area contributed by atoms with Crippen molar-refractivity contribution in [2.45, 2.75) is 95.6 Å². The van der Waals surface area contributed by atoms with Gasteiger partial charge in [0.05, 0.1) is 6.10 Å². The highest BCUT2D eigenvalue weighted by molar-refractivity contribution is 5.31. The molecule has 6 rings (SSSR count). The van der Waals surface area contributed by atoms with Crippen molar-refractivity contribution >= 4 is 0 Å². The smallest absolute Gasteiger partial charge is 0.0730 e. The zero-order valence-corrected chi connectivity index (χ0v) is 21.4. The van der Waals surface area contributed by atoms with Gasteiger partial charge in [-0.2, -0.15) is 0 Å². The third-order valence-electron chi connectivity index (χ3n) is 9.54. The van der Waals surface area contributed by atoms with Crippen molar-refractivity contribution in [1.29, 1.82) is 0 Å². The second-order valence-electron chi connectivity index (χ2n) is 11.9. The van der Waals surface area contributed by atoms with Crippen LogP contribution in [0.3, 0.4) is 0 Å². The summed E-state index contributed by atoms with van der Waals surface area (Å²) in [5.74, 6) is 1.39. The van der Waals surface area contributed by atoms with Gasteiger partial charge in [-0.1, -0.05) is 86.6 Å². The van der Waals surface area contributed by atoms with Crippen LogP contribution in [0.25, 0.3) is 0 Å². The number of aliphatic hydroxyl groups is 1. The Bertz CT molecular complexity index is 782. The van der Waals surface area contributed by atoms with Gasteiger partial charge in [0.25, 0.3) is 0 Å². The highest BCUT2D eigenvalue weighted by atomic mass is 16.3.